The van der Waals surface area contributed by atoms with Gasteiger partial charge in [-0.05, 0) is 26.2 Å². The molecule has 1 atom stereocenters. The predicted octanol–water partition coefficient (Wildman–Crippen LogP) is 4.96. The Balaban J connectivity index is 3.53. The van der Waals surface area contributed by atoms with Crippen LogP contribution < -0.4 is 0 Å². The molecule has 1 aromatic rings. The first kappa shape index (κ1) is 28.1. The van der Waals surface area contributed by atoms with Crippen molar-refractivity contribution in [2.45, 2.75) is 59.8 Å². The highest BCUT2D eigenvalue weighted by Crippen LogP contribution is 2.32. The van der Waals surface area contributed by atoms with Crippen molar-refractivity contribution in [3.63, 3.8) is 0 Å². The molecule has 0 amide bonds. The third-order valence-electron chi connectivity index (χ3n) is 4.85. The number of rotatable bonds is 14. The van der Waals surface area contributed by atoms with Crippen molar-refractivity contribution in [1.29, 1.82) is 0 Å². The van der Waals surface area contributed by atoms with E-state index >= 15 is 0 Å². The van der Waals surface area contributed by atoms with Crippen molar-refractivity contribution in [3.8, 4) is 0 Å². The molecule has 1 unspecified atom stereocenters. The highest BCUT2D eigenvalue weighted by Gasteiger charge is 2.40. The number of nitro groups is 1. The summed E-state index contributed by atoms with van der Waals surface area (Å²) < 4.78 is 48.0. The lowest BCUT2D eigenvalue weighted by atomic mass is 9.94. The normalized spacial score (nSPS) is 12.1. The lowest BCUT2D eigenvalue weighted by molar-refractivity contribution is -0.388. The molecule has 0 radical (unpaired) electrons. The Labute approximate surface area is 190 Å². The molecule has 0 aromatic heterocycles. The van der Waals surface area contributed by atoms with Crippen LogP contribution in [0.25, 0.3) is 0 Å². The van der Waals surface area contributed by atoms with Gasteiger partial charge < -0.3 is 4.74 Å². The Morgan fingerprint density at radius 1 is 1.06 bits per heavy atom. The summed E-state index contributed by atoms with van der Waals surface area (Å²) in [5.74, 6) is -9.79. The van der Waals surface area contributed by atoms with Gasteiger partial charge in [0.1, 0.15) is 11.4 Å². The largest absolute Gasteiger partial charge is 0.465 e. The summed E-state index contributed by atoms with van der Waals surface area (Å²) >= 11 is 0. The zero-order valence-electron chi connectivity index (χ0n) is 19.3. The number of benzene rings is 1. The number of halogens is 3. The van der Waals surface area contributed by atoms with Crippen LogP contribution in [0.2, 0.25) is 0 Å². The van der Waals surface area contributed by atoms with Crippen molar-refractivity contribution >= 4 is 23.7 Å². The van der Waals surface area contributed by atoms with Crippen LogP contribution in [0.4, 0.5) is 18.9 Å². The van der Waals surface area contributed by atoms with Crippen LogP contribution in [0.1, 0.15) is 68.8 Å². The zero-order chi connectivity index (χ0) is 25.1. The van der Waals surface area contributed by atoms with E-state index < -0.39 is 56.9 Å². The molecule has 0 fully saturated rings. The van der Waals surface area contributed by atoms with E-state index in [9.17, 15) is 32.9 Å². The number of hydrogen-bond acceptors (Lipinski definition) is 7. The van der Waals surface area contributed by atoms with E-state index in [1.807, 2.05) is 13.8 Å². The minimum absolute atomic E-state index is 0.0623. The van der Waals surface area contributed by atoms with Gasteiger partial charge in [-0.2, -0.15) is 9.49 Å². The lowest BCUT2D eigenvalue weighted by Crippen LogP contribution is -2.31. The number of unbranched alkanes of at least 4 members (excludes halogenated alkanes) is 2. The zero-order valence-corrected chi connectivity index (χ0v) is 19.3. The smallest absolute Gasteiger partial charge is 0.322 e. The molecule has 0 aliphatic rings. The molecule has 0 saturated heterocycles. The molecule has 184 valence electrons. The molecule has 1 rings (SSSR count). The van der Waals surface area contributed by atoms with Gasteiger partial charge in [0, 0.05) is 24.9 Å². The van der Waals surface area contributed by atoms with Crippen LogP contribution in [0.15, 0.2) is 5.10 Å². The van der Waals surface area contributed by atoms with Crippen LogP contribution in [-0.2, 0) is 9.53 Å². The second kappa shape index (κ2) is 13.5. The standard InChI is InChI=1S/C22H30F3N3O5/c1-5-8-10-27(11-9-6-2)26-13-15(22(30)33-12-7-3)21(29)16-17(23)14(4)18(24)19(25)20(16)28(31)32/h13,15H,5-12H2,1-4H3. The Hall–Kier alpha value is -2.98. The van der Waals surface area contributed by atoms with Gasteiger partial charge >= 0.3 is 11.7 Å². The predicted molar refractivity (Wildman–Crippen MR) is 117 cm³/mol. The van der Waals surface area contributed by atoms with Crippen molar-refractivity contribution in [2.24, 2.45) is 11.0 Å². The third kappa shape index (κ3) is 7.26. The Morgan fingerprint density at radius 3 is 2.12 bits per heavy atom. The number of nitrogens with zero attached hydrogens (tertiary/aromatic N) is 3. The molecule has 11 heteroatoms. The van der Waals surface area contributed by atoms with Crippen LogP contribution in [0.3, 0.4) is 0 Å². The quantitative estimate of drug-likeness (QED) is 0.0720. The van der Waals surface area contributed by atoms with Crippen molar-refractivity contribution in [1.82, 2.24) is 5.01 Å². The van der Waals surface area contributed by atoms with Gasteiger partial charge in [-0.1, -0.05) is 33.6 Å². The maximum atomic E-state index is 14.8. The van der Waals surface area contributed by atoms with Crippen LogP contribution in [-0.4, -0.2) is 47.6 Å². The van der Waals surface area contributed by atoms with E-state index in [1.54, 1.807) is 11.9 Å². The first-order valence-electron chi connectivity index (χ1n) is 10.9. The maximum absolute atomic E-state index is 14.8. The van der Waals surface area contributed by atoms with Gasteiger partial charge in [-0.3, -0.25) is 24.7 Å². The molecule has 0 aliphatic heterocycles. The maximum Gasteiger partial charge on any atom is 0.322 e. The Bertz CT molecular complexity index is 885. The topological polar surface area (TPSA) is 102 Å². The Kier molecular flexibility index (Phi) is 11.5. The number of carbonyl (C=O) groups is 2. The molecular formula is C22H30F3N3O5. The number of hydrazone groups is 1. The fourth-order valence-corrected chi connectivity index (χ4v) is 2.92. The van der Waals surface area contributed by atoms with Crippen LogP contribution in [0, 0.1) is 40.4 Å². The van der Waals surface area contributed by atoms with E-state index in [1.165, 1.54) is 0 Å². The summed E-state index contributed by atoms with van der Waals surface area (Å²) in [7, 11) is 0. The summed E-state index contributed by atoms with van der Waals surface area (Å²) in [5, 5.41) is 17.1. The molecule has 0 N–H and O–H groups in total. The highest BCUT2D eigenvalue weighted by atomic mass is 19.2. The van der Waals surface area contributed by atoms with Gasteiger partial charge in [-0.15, -0.1) is 0 Å². The lowest BCUT2D eigenvalue weighted by Gasteiger charge is -2.19. The molecule has 0 aliphatic carbocycles. The number of ether oxygens (including phenoxy) is 1. The van der Waals surface area contributed by atoms with Crippen LogP contribution in [0.5, 0.6) is 0 Å². The number of esters is 1. The minimum atomic E-state index is -1.98. The minimum Gasteiger partial charge on any atom is -0.465 e. The van der Waals surface area contributed by atoms with Crippen molar-refractivity contribution in [3.05, 3.63) is 38.7 Å². The summed E-state index contributed by atoms with van der Waals surface area (Å²) in [6, 6.07) is 0. The number of ketones is 1. The average Bonchev–Trinajstić information content (AvgIpc) is 2.79. The van der Waals surface area contributed by atoms with E-state index in [4.69, 9.17) is 4.74 Å². The fourth-order valence-electron chi connectivity index (χ4n) is 2.92. The molecule has 1 aromatic carbocycles. The molecule has 0 saturated carbocycles. The van der Waals surface area contributed by atoms with Gasteiger partial charge in [0.2, 0.25) is 5.82 Å². The number of hydrogen-bond donors (Lipinski definition) is 0. The second-order valence-electron chi connectivity index (χ2n) is 7.48. The van der Waals surface area contributed by atoms with Crippen molar-refractivity contribution in [2.75, 3.05) is 19.7 Å². The molecule has 0 heterocycles. The van der Waals surface area contributed by atoms with Crippen molar-refractivity contribution < 1.29 is 32.4 Å². The van der Waals surface area contributed by atoms with Gasteiger partial charge in [0.25, 0.3) is 0 Å². The SMILES string of the molecule is CCCCN(CCCC)N=CC(C(=O)OCCC)C(=O)c1c(F)c(C)c(F)c(F)c1[N+](=O)[O-]. The monoisotopic (exact) mass is 473 g/mol. The van der Waals surface area contributed by atoms with E-state index in [0.29, 0.717) is 19.5 Å². The van der Waals surface area contributed by atoms with Crippen LogP contribution >= 0.6 is 0 Å². The first-order valence-corrected chi connectivity index (χ1v) is 10.9. The molecule has 0 bridgehead atoms. The summed E-state index contributed by atoms with van der Waals surface area (Å²) in [5.41, 5.74) is -3.90. The number of nitro benzene ring substituents is 1. The fraction of sp³-hybridized carbons (Fsp3) is 0.591. The van der Waals surface area contributed by atoms with E-state index in [2.05, 4.69) is 5.10 Å². The number of Topliss-reactive ketones (excluding diaryl/α,β-unsaturated/α-hetero) is 1. The summed E-state index contributed by atoms with van der Waals surface area (Å²) in [6.45, 7) is 7.48. The highest BCUT2D eigenvalue weighted by molar-refractivity contribution is 6.20. The molecule has 0 spiro atoms. The number of carbonyl (C=O) groups excluding carboxylic acids is 2. The third-order valence-corrected chi connectivity index (χ3v) is 4.85. The molecular weight excluding hydrogens is 443 g/mol. The summed E-state index contributed by atoms with van der Waals surface area (Å²) in [6.07, 6.45) is 4.63. The Morgan fingerprint density at radius 2 is 1.64 bits per heavy atom. The van der Waals surface area contributed by atoms with E-state index in [0.717, 1.165) is 38.8 Å². The molecule has 33 heavy (non-hydrogen) atoms. The second-order valence-corrected chi connectivity index (χ2v) is 7.48. The van der Waals surface area contributed by atoms with Gasteiger partial charge in [0.05, 0.1) is 11.5 Å². The average molecular weight is 473 g/mol. The molecule has 8 nitrogen and oxygen atoms in total. The van der Waals surface area contributed by atoms with Gasteiger partial charge in [0.15, 0.2) is 17.5 Å². The van der Waals surface area contributed by atoms with E-state index in [-0.39, 0.29) is 6.61 Å². The van der Waals surface area contributed by atoms with Gasteiger partial charge in [-0.25, -0.2) is 8.78 Å². The first-order chi connectivity index (χ1) is 15.6. The summed E-state index contributed by atoms with van der Waals surface area (Å²) in [4.78, 5) is 35.6.